The summed E-state index contributed by atoms with van der Waals surface area (Å²) in [5.74, 6) is 0.371. The second-order valence-corrected chi connectivity index (χ2v) is 5.93. The maximum Gasteiger partial charge on any atom is 0.335 e. The number of fused-ring (bicyclic) bond motifs is 1. The zero-order valence-electron chi connectivity index (χ0n) is 10.2. The fourth-order valence-corrected chi connectivity index (χ4v) is 2.94. The molecule has 0 saturated carbocycles. The Morgan fingerprint density at radius 1 is 1.42 bits per heavy atom. The normalized spacial score (nSPS) is 13.9. The van der Waals surface area contributed by atoms with E-state index in [9.17, 15) is 8.42 Å². The molecule has 19 heavy (non-hydrogen) atoms. The van der Waals surface area contributed by atoms with Crippen LogP contribution in [0.3, 0.4) is 0 Å². The van der Waals surface area contributed by atoms with Crippen LogP contribution in [0.2, 0.25) is 0 Å². The Bertz CT molecular complexity index is 723. The van der Waals surface area contributed by atoms with Crippen molar-refractivity contribution in [2.45, 2.75) is 18.2 Å². The molecule has 0 amide bonds. The summed E-state index contributed by atoms with van der Waals surface area (Å²) in [4.78, 5) is 4.00. The average molecular weight is 280 g/mol. The molecule has 7 nitrogen and oxygen atoms in total. The zero-order valence-corrected chi connectivity index (χ0v) is 11.0. The molecule has 1 aromatic heterocycles. The minimum absolute atomic E-state index is 0.129. The van der Waals surface area contributed by atoms with Gasteiger partial charge in [0.15, 0.2) is 5.82 Å². The number of nitrogens with one attached hydrogen (secondary N) is 2. The molecule has 100 valence electrons. The maximum absolute atomic E-state index is 12.2. The molecule has 2 N–H and O–H groups in total. The minimum atomic E-state index is -3.70. The molecule has 0 atom stereocenters. The minimum Gasteiger partial charge on any atom is -0.384 e. The lowest BCUT2D eigenvalue weighted by Gasteiger charge is -2.06. The highest BCUT2D eigenvalue weighted by atomic mass is 32.2. The van der Waals surface area contributed by atoms with Crippen molar-refractivity contribution in [3.63, 3.8) is 0 Å². The van der Waals surface area contributed by atoms with E-state index in [0.717, 1.165) is 24.2 Å². The van der Waals surface area contributed by atoms with Crippen molar-refractivity contribution in [1.82, 2.24) is 10.1 Å². The van der Waals surface area contributed by atoms with Crippen LogP contribution < -0.4 is 10.0 Å². The second-order valence-electron chi connectivity index (χ2n) is 4.25. The fraction of sp³-hybridized carbons (Fsp3) is 0.273. The molecule has 1 aromatic carbocycles. The van der Waals surface area contributed by atoms with E-state index in [1.807, 2.05) is 0 Å². The zero-order chi connectivity index (χ0) is 13.5. The number of sulfonamides is 1. The number of hydrogen-bond acceptors (Lipinski definition) is 6. The molecule has 0 radical (unpaired) electrons. The first-order valence-electron chi connectivity index (χ1n) is 5.74. The Morgan fingerprint density at radius 3 is 3.00 bits per heavy atom. The summed E-state index contributed by atoms with van der Waals surface area (Å²) in [7, 11) is -3.70. The Balaban J connectivity index is 1.92. The number of anilines is 2. The summed E-state index contributed by atoms with van der Waals surface area (Å²) in [6.45, 7) is 2.44. The summed E-state index contributed by atoms with van der Waals surface area (Å²) >= 11 is 0. The van der Waals surface area contributed by atoms with Gasteiger partial charge in [-0.2, -0.15) is 4.98 Å². The van der Waals surface area contributed by atoms with Crippen LogP contribution in [-0.2, 0) is 16.4 Å². The summed E-state index contributed by atoms with van der Waals surface area (Å²) in [6.07, 6.45) is 0.818. The Kier molecular flexibility index (Phi) is 2.67. The smallest absolute Gasteiger partial charge is 0.335 e. The number of nitrogens with zero attached hydrogens (tertiary/aromatic N) is 2. The fourth-order valence-electron chi connectivity index (χ4n) is 1.96. The SMILES string of the molecule is Cc1noc(NS(=O)(=O)c2ccc3c(c2)CCN3)n1. The molecule has 1 aliphatic heterocycles. The van der Waals surface area contributed by atoms with Crippen molar-refractivity contribution in [3.05, 3.63) is 29.6 Å². The molecule has 0 fully saturated rings. The van der Waals surface area contributed by atoms with Gasteiger partial charge in [0.1, 0.15) is 0 Å². The van der Waals surface area contributed by atoms with Crippen LogP contribution in [0.15, 0.2) is 27.6 Å². The van der Waals surface area contributed by atoms with E-state index in [2.05, 4.69) is 20.2 Å². The second kappa shape index (κ2) is 4.23. The van der Waals surface area contributed by atoms with E-state index in [1.165, 1.54) is 0 Å². The number of aryl methyl sites for hydroxylation is 1. The monoisotopic (exact) mass is 280 g/mol. The van der Waals surface area contributed by atoms with E-state index in [4.69, 9.17) is 4.52 Å². The van der Waals surface area contributed by atoms with Crippen molar-refractivity contribution < 1.29 is 12.9 Å². The van der Waals surface area contributed by atoms with Crippen molar-refractivity contribution in [2.24, 2.45) is 0 Å². The van der Waals surface area contributed by atoms with Crippen LogP contribution in [0, 0.1) is 6.92 Å². The molecule has 3 rings (SSSR count). The molecule has 2 aromatic rings. The third kappa shape index (κ3) is 2.26. The number of rotatable bonds is 3. The van der Waals surface area contributed by atoms with Crippen LogP contribution >= 0.6 is 0 Å². The van der Waals surface area contributed by atoms with Gasteiger partial charge in [0.2, 0.25) is 0 Å². The largest absolute Gasteiger partial charge is 0.384 e. The molecule has 0 saturated heterocycles. The highest BCUT2D eigenvalue weighted by Gasteiger charge is 2.20. The van der Waals surface area contributed by atoms with E-state index in [-0.39, 0.29) is 10.9 Å². The van der Waals surface area contributed by atoms with Gasteiger partial charge in [0, 0.05) is 12.2 Å². The van der Waals surface area contributed by atoms with Crippen molar-refractivity contribution in [3.8, 4) is 0 Å². The van der Waals surface area contributed by atoms with Crippen molar-refractivity contribution in [2.75, 3.05) is 16.6 Å². The van der Waals surface area contributed by atoms with Crippen LogP contribution in [0.5, 0.6) is 0 Å². The molecular weight excluding hydrogens is 268 g/mol. The van der Waals surface area contributed by atoms with Crippen molar-refractivity contribution >= 4 is 21.7 Å². The van der Waals surface area contributed by atoms with E-state index >= 15 is 0 Å². The molecule has 1 aliphatic rings. The van der Waals surface area contributed by atoms with Crippen LogP contribution in [0.4, 0.5) is 11.7 Å². The summed E-state index contributed by atoms with van der Waals surface area (Å²) in [5.41, 5.74) is 1.97. The molecule has 0 spiro atoms. The number of benzene rings is 1. The van der Waals surface area contributed by atoms with Crippen LogP contribution in [-0.4, -0.2) is 25.1 Å². The van der Waals surface area contributed by atoms with Gasteiger partial charge in [-0.3, -0.25) is 0 Å². The highest BCUT2D eigenvalue weighted by Crippen LogP contribution is 2.25. The Hall–Kier alpha value is -2.09. The summed E-state index contributed by atoms with van der Waals surface area (Å²) in [5, 5.41) is 6.70. The topological polar surface area (TPSA) is 97.1 Å². The van der Waals surface area contributed by atoms with Gasteiger partial charge < -0.3 is 9.84 Å². The Morgan fingerprint density at radius 2 is 2.26 bits per heavy atom. The first-order chi connectivity index (χ1) is 9.04. The molecule has 8 heteroatoms. The molecular formula is C11H12N4O3S. The summed E-state index contributed by atoms with van der Waals surface area (Å²) in [6, 6.07) is 4.83. The van der Waals surface area contributed by atoms with Crippen LogP contribution in [0.1, 0.15) is 11.4 Å². The first kappa shape index (κ1) is 12.0. The van der Waals surface area contributed by atoms with Gasteiger partial charge in [0.05, 0.1) is 4.90 Å². The predicted octanol–water partition coefficient (Wildman–Crippen LogP) is 1.15. The Labute approximate surface area is 110 Å². The van der Waals surface area contributed by atoms with Crippen molar-refractivity contribution in [1.29, 1.82) is 0 Å². The standard InChI is InChI=1S/C11H12N4O3S/c1-7-13-11(18-14-7)15-19(16,17)9-2-3-10-8(6-9)4-5-12-10/h2-3,6,12H,4-5H2,1H3,(H,13,14,15). The lowest BCUT2D eigenvalue weighted by molar-refractivity contribution is 0.429. The number of aromatic nitrogens is 2. The average Bonchev–Trinajstić information content (AvgIpc) is 2.96. The molecule has 2 heterocycles. The third-order valence-corrected chi connectivity index (χ3v) is 4.16. The molecule has 0 bridgehead atoms. The molecule has 0 aliphatic carbocycles. The predicted molar refractivity (Wildman–Crippen MR) is 68.5 cm³/mol. The number of hydrogen-bond donors (Lipinski definition) is 2. The lowest BCUT2D eigenvalue weighted by atomic mass is 10.2. The van der Waals surface area contributed by atoms with E-state index in [1.54, 1.807) is 25.1 Å². The van der Waals surface area contributed by atoms with Gasteiger partial charge in [0.25, 0.3) is 10.0 Å². The molecule has 0 unspecified atom stereocenters. The van der Waals surface area contributed by atoms with E-state index < -0.39 is 10.0 Å². The van der Waals surface area contributed by atoms with Gasteiger partial charge in [-0.05, 0) is 37.1 Å². The summed E-state index contributed by atoms with van der Waals surface area (Å²) < 4.78 is 31.3. The van der Waals surface area contributed by atoms with Gasteiger partial charge in [-0.1, -0.05) is 5.16 Å². The van der Waals surface area contributed by atoms with Gasteiger partial charge >= 0.3 is 6.01 Å². The highest BCUT2D eigenvalue weighted by molar-refractivity contribution is 7.92. The van der Waals surface area contributed by atoms with Gasteiger partial charge in [-0.25, -0.2) is 13.1 Å². The maximum atomic E-state index is 12.2. The third-order valence-electron chi connectivity index (χ3n) is 2.85. The quantitative estimate of drug-likeness (QED) is 0.875. The first-order valence-corrected chi connectivity index (χ1v) is 7.23. The van der Waals surface area contributed by atoms with E-state index in [0.29, 0.717) is 5.82 Å². The van der Waals surface area contributed by atoms with Gasteiger partial charge in [-0.15, -0.1) is 0 Å². The van der Waals surface area contributed by atoms with Crippen LogP contribution in [0.25, 0.3) is 0 Å². The lowest BCUT2D eigenvalue weighted by Crippen LogP contribution is -2.13.